The lowest BCUT2D eigenvalue weighted by Crippen LogP contribution is -2.03. The van der Waals surface area contributed by atoms with Crippen molar-refractivity contribution in [2.75, 3.05) is 0 Å². The Labute approximate surface area is 115 Å². The van der Waals surface area contributed by atoms with Crippen LogP contribution in [0.3, 0.4) is 0 Å². The van der Waals surface area contributed by atoms with E-state index in [0.29, 0.717) is 16.1 Å². The van der Waals surface area contributed by atoms with Crippen molar-refractivity contribution < 1.29 is 13.9 Å². The van der Waals surface area contributed by atoms with Crippen LogP contribution in [-0.2, 0) is 6.42 Å². The average Bonchev–Trinajstić information content (AvgIpc) is 2.37. The third-order valence-corrected chi connectivity index (χ3v) is 3.40. The van der Waals surface area contributed by atoms with Gasteiger partial charge in [0.1, 0.15) is 0 Å². The third-order valence-electron chi connectivity index (χ3n) is 2.98. The van der Waals surface area contributed by atoms with Crippen molar-refractivity contribution in [3.8, 4) is 0 Å². The molecule has 0 aliphatic heterocycles. The smallest absolute Gasteiger partial charge is 0.159 e. The Kier molecular flexibility index (Phi) is 4.17. The molecule has 1 nitrogen and oxygen atoms in total. The van der Waals surface area contributed by atoms with Crippen LogP contribution in [0.25, 0.3) is 0 Å². The summed E-state index contributed by atoms with van der Waals surface area (Å²) < 4.78 is 25.9. The Bertz CT molecular complexity index is 599. The van der Waals surface area contributed by atoms with Crippen molar-refractivity contribution in [1.82, 2.24) is 0 Å². The van der Waals surface area contributed by atoms with Crippen LogP contribution in [0.15, 0.2) is 36.4 Å². The average molecular weight is 283 g/mol. The van der Waals surface area contributed by atoms with E-state index in [2.05, 4.69) is 0 Å². The van der Waals surface area contributed by atoms with Crippen LogP contribution in [-0.4, -0.2) is 5.11 Å². The molecule has 0 aliphatic carbocycles. The van der Waals surface area contributed by atoms with E-state index in [1.807, 2.05) is 6.92 Å². The van der Waals surface area contributed by atoms with Gasteiger partial charge in [0.2, 0.25) is 0 Å². The maximum absolute atomic E-state index is 13.1. The Hall–Kier alpha value is -1.45. The molecule has 0 heterocycles. The van der Waals surface area contributed by atoms with Gasteiger partial charge < -0.3 is 5.11 Å². The molecule has 1 N–H and O–H groups in total. The maximum Gasteiger partial charge on any atom is 0.159 e. The first-order valence-electron chi connectivity index (χ1n) is 5.85. The minimum atomic E-state index is -0.906. The maximum atomic E-state index is 13.1. The molecule has 0 aliphatic rings. The number of aryl methyl sites for hydroxylation is 1. The van der Waals surface area contributed by atoms with E-state index in [9.17, 15) is 13.9 Å². The zero-order valence-corrected chi connectivity index (χ0v) is 11.1. The van der Waals surface area contributed by atoms with Gasteiger partial charge in [0.05, 0.1) is 6.10 Å². The second-order valence-electron chi connectivity index (χ2n) is 4.48. The Morgan fingerprint density at radius 1 is 1.11 bits per heavy atom. The highest BCUT2D eigenvalue weighted by molar-refractivity contribution is 6.31. The molecule has 100 valence electrons. The fourth-order valence-corrected chi connectivity index (χ4v) is 2.00. The quantitative estimate of drug-likeness (QED) is 0.894. The number of benzene rings is 2. The fraction of sp³-hybridized carbons (Fsp3) is 0.200. The standard InChI is InChI=1S/C15H13ClF2O/c1-9-6-11(3-4-12(9)16)15(19)8-10-2-5-13(17)14(18)7-10/h2-7,15,19H,8H2,1H3. The van der Waals surface area contributed by atoms with Crippen LogP contribution in [0.1, 0.15) is 22.8 Å². The summed E-state index contributed by atoms with van der Waals surface area (Å²) in [6.07, 6.45) is -0.557. The summed E-state index contributed by atoms with van der Waals surface area (Å²) in [6, 6.07) is 8.84. The van der Waals surface area contributed by atoms with Crippen molar-refractivity contribution in [3.05, 3.63) is 69.7 Å². The molecule has 0 bridgehead atoms. The summed E-state index contributed by atoms with van der Waals surface area (Å²) in [6.45, 7) is 1.84. The lowest BCUT2D eigenvalue weighted by molar-refractivity contribution is 0.178. The number of halogens is 3. The van der Waals surface area contributed by atoms with Gasteiger partial charge in [-0.25, -0.2) is 8.78 Å². The first-order chi connectivity index (χ1) is 8.97. The Balaban J connectivity index is 2.17. The van der Waals surface area contributed by atoms with Gasteiger partial charge in [0, 0.05) is 11.4 Å². The third kappa shape index (κ3) is 3.31. The topological polar surface area (TPSA) is 20.2 Å². The van der Waals surface area contributed by atoms with E-state index >= 15 is 0 Å². The van der Waals surface area contributed by atoms with Gasteiger partial charge in [0.25, 0.3) is 0 Å². The van der Waals surface area contributed by atoms with E-state index in [1.54, 1.807) is 18.2 Å². The zero-order chi connectivity index (χ0) is 14.0. The van der Waals surface area contributed by atoms with Crippen LogP contribution in [0.4, 0.5) is 8.78 Å². The first-order valence-corrected chi connectivity index (χ1v) is 6.23. The highest BCUT2D eigenvalue weighted by Crippen LogP contribution is 2.23. The van der Waals surface area contributed by atoms with Gasteiger partial charge in [-0.1, -0.05) is 29.8 Å². The highest BCUT2D eigenvalue weighted by Gasteiger charge is 2.11. The monoisotopic (exact) mass is 282 g/mol. The number of aliphatic hydroxyl groups excluding tert-OH is 1. The predicted octanol–water partition coefficient (Wildman–Crippen LogP) is 4.20. The van der Waals surface area contributed by atoms with E-state index in [4.69, 9.17) is 11.6 Å². The summed E-state index contributed by atoms with van der Waals surface area (Å²) in [4.78, 5) is 0. The van der Waals surface area contributed by atoms with Crippen molar-refractivity contribution >= 4 is 11.6 Å². The molecule has 0 fully saturated rings. The van der Waals surface area contributed by atoms with Crippen LogP contribution >= 0.6 is 11.6 Å². The van der Waals surface area contributed by atoms with Crippen LogP contribution in [0.5, 0.6) is 0 Å². The van der Waals surface area contributed by atoms with E-state index in [1.165, 1.54) is 6.07 Å². The minimum absolute atomic E-state index is 0.221. The normalized spacial score (nSPS) is 12.5. The molecule has 19 heavy (non-hydrogen) atoms. The Morgan fingerprint density at radius 3 is 2.47 bits per heavy atom. The number of rotatable bonds is 3. The molecule has 2 aromatic rings. The van der Waals surface area contributed by atoms with Crippen LogP contribution < -0.4 is 0 Å². The van der Waals surface area contributed by atoms with Gasteiger partial charge in [-0.2, -0.15) is 0 Å². The molecule has 0 saturated carbocycles. The van der Waals surface area contributed by atoms with E-state index < -0.39 is 17.7 Å². The van der Waals surface area contributed by atoms with Gasteiger partial charge in [-0.3, -0.25) is 0 Å². The highest BCUT2D eigenvalue weighted by atomic mass is 35.5. The van der Waals surface area contributed by atoms with Gasteiger partial charge >= 0.3 is 0 Å². The lowest BCUT2D eigenvalue weighted by atomic mass is 10.00. The summed E-state index contributed by atoms with van der Waals surface area (Å²) in [5.41, 5.74) is 2.11. The summed E-state index contributed by atoms with van der Waals surface area (Å²) in [7, 11) is 0. The van der Waals surface area contributed by atoms with Gasteiger partial charge in [0.15, 0.2) is 11.6 Å². The lowest BCUT2D eigenvalue weighted by Gasteiger charge is -2.12. The molecule has 1 unspecified atom stereocenters. The van der Waals surface area contributed by atoms with Gasteiger partial charge in [-0.05, 0) is 41.8 Å². The number of hydrogen-bond donors (Lipinski definition) is 1. The molecular formula is C15H13ClF2O. The molecule has 0 saturated heterocycles. The molecule has 4 heteroatoms. The second-order valence-corrected chi connectivity index (χ2v) is 4.88. The van der Waals surface area contributed by atoms with Crippen molar-refractivity contribution in [2.45, 2.75) is 19.4 Å². The fourth-order valence-electron chi connectivity index (χ4n) is 1.88. The van der Waals surface area contributed by atoms with Crippen LogP contribution in [0, 0.1) is 18.6 Å². The van der Waals surface area contributed by atoms with E-state index in [0.717, 1.165) is 17.7 Å². The number of aliphatic hydroxyl groups is 1. The molecule has 2 aromatic carbocycles. The molecule has 1 atom stereocenters. The molecule has 0 aromatic heterocycles. The molecule has 2 rings (SSSR count). The minimum Gasteiger partial charge on any atom is -0.388 e. The summed E-state index contributed by atoms with van der Waals surface area (Å²) in [5, 5.41) is 10.7. The largest absolute Gasteiger partial charge is 0.388 e. The van der Waals surface area contributed by atoms with E-state index in [-0.39, 0.29) is 6.42 Å². The zero-order valence-electron chi connectivity index (χ0n) is 10.3. The number of hydrogen-bond acceptors (Lipinski definition) is 1. The SMILES string of the molecule is Cc1cc(C(O)Cc2ccc(F)c(F)c2)ccc1Cl. The van der Waals surface area contributed by atoms with Crippen molar-refractivity contribution in [1.29, 1.82) is 0 Å². The molecule has 0 spiro atoms. The second kappa shape index (κ2) is 5.68. The summed E-state index contributed by atoms with van der Waals surface area (Å²) >= 11 is 5.91. The predicted molar refractivity (Wildman–Crippen MR) is 71.2 cm³/mol. The van der Waals surface area contributed by atoms with Crippen molar-refractivity contribution in [2.24, 2.45) is 0 Å². The van der Waals surface area contributed by atoms with Crippen molar-refractivity contribution in [3.63, 3.8) is 0 Å². The first kappa shape index (κ1) is 14.0. The molecular weight excluding hydrogens is 270 g/mol. The molecule has 0 radical (unpaired) electrons. The van der Waals surface area contributed by atoms with Gasteiger partial charge in [-0.15, -0.1) is 0 Å². The Morgan fingerprint density at radius 2 is 1.84 bits per heavy atom. The van der Waals surface area contributed by atoms with Crippen LogP contribution in [0.2, 0.25) is 5.02 Å². The molecule has 0 amide bonds. The summed E-state index contributed by atoms with van der Waals surface area (Å²) in [5.74, 6) is -1.79.